The Bertz CT molecular complexity index is 1640. The van der Waals surface area contributed by atoms with Crippen LogP contribution in [0.15, 0.2) is 48.9 Å². The molecule has 2 aliphatic heterocycles. The molecule has 2 aliphatic rings. The summed E-state index contributed by atoms with van der Waals surface area (Å²) < 4.78 is -0.362. The van der Waals surface area contributed by atoms with Gasteiger partial charge >= 0.3 is 5.97 Å². The maximum atomic E-state index is 14.1. The van der Waals surface area contributed by atoms with E-state index >= 15 is 0 Å². The Hall–Kier alpha value is -4.48. The number of nitrogens with zero attached hydrogens (tertiary/aromatic N) is 3. The SMILES string of the molecule is CCCC(NC(=O)[C@@H]1[C@@H](I)CC2(C)C(C)[C@H](NC(=O)[C@@H](NC(=O)c3cnccn3)C(C)C)C(=O)N12)C(=O)C(=O)N[C@@H](Cc1ccccc1)C(=O)O. The van der Waals surface area contributed by atoms with Crippen molar-refractivity contribution in [3.63, 3.8) is 0 Å². The van der Waals surface area contributed by atoms with Gasteiger partial charge in [0.2, 0.25) is 23.5 Å². The van der Waals surface area contributed by atoms with Crippen LogP contribution < -0.4 is 21.3 Å². The van der Waals surface area contributed by atoms with E-state index in [-0.39, 0.29) is 28.4 Å². The number of benzene rings is 1. The molecule has 274 valence electrons. The molecule has 16 heteroatoms. The molecule has 1 aromatic carbocycles. The zero-order chi connectivity index (χ0) is 37.6. The topological polar surface area (TPSA) is 217 Å². The van der Waals surface area contributed by atoms with E-state index in [0.29, 0.717) is 18.4 Å². The molecule has 5 amide bonds. The fourth-order valence-electron chi connectivity index (χ4n) is 6.73. The van der Waals surface area contributed by atoms with Crippen molar-refractivity contribution in [3.05, 3.63) is 60.2 Å². The fourth-order valence-corrected chi connectivity index (χ4v) is 8.27. The Morgan fingerprint density at radius 3 is 2.31 bits per heavy atom. The van der Waals surface area contributed by atoms with Gasteiger partial charge < -0.3 is 31.3 Å². The first-order valence-electron chi connectivity index (χ1n) is 16.9. The number of carboxylic acid groups (broad SMARTS) is 1. The van der Waals surface area contributed by atoms with Crippen LogP contribution in [0.2, 0.25) is 0 Å². The Kier molecular flexibility index (Phi) is 12.9. The van der Waals surface area contributed by atoms with Gasteiger partial charge in [0.25, 0.3) is 11.8 Å². The van der Waals surface area contributed by atoms with Crippen LogP contribution in [-0.2, 0) is 35.2 Å². The molecule has 2 aromatic rings. The first-order valence-corrected chi connectivity index (χ1v) is 18.1. The van der Waals surface area contributed by atoms with Gasteiger partial charge in [-0.05, 0) is 31.2 Å². The lowest BCUT2D eigenvalue weighted by atomic mass is 9.84. The predicted octanol–water partition coefficient (Wildman–Crippen LogP) is 1.19. The van der Waals surface area contributed by atoms with Crippen molar-refractivity contribution in [3.8, 4) is 0 Å². The van der Waals surface area contributed by atoms with E-state index in [1.165, 1.54) is 23.5 Å². The van der Waals surface area contributed by atoms with Crippen molar-refractivity contribution in [2.24, 2.45) is 11.8 Å². The predicted molar refractivity (Wildman–Crippen MR) is 192 cm³/mol. The molecular formula is C35H44IN7O8. The quantitative estimate of drug-likeness (QED) is 0.0984. The summed E-state index contributed by atoms with van der Waals surface area (Å²) in [6, 6.07) is 2.98. The number of halogens is 1. The zero-order valence-electron chi connectivity index (χ0n) is 29.1. The third kappa shape index (κ3) is 8.70. The molecule has 0 saturated carbocycles. The van der Waals surface area contributed by atoms with Crippen LogP contribution >= 0.6 is 22.6 Å². The van der Waals surface area contributed by atoms with E-state index in [1.807, 2.05) is 13.8 Å². The highest BCUT2D eigenvalue weighted by molar-refractivity contribution is 14.1. The number of hydrogen-bond acceptors (Lipinski definition) is 9. The van der Waals surface area contributed by atoms with Gasteiger partial charge in [-0.15, -0.1) is 0 Å². The van der Waals surface area contributed by atoms with Gasteiger partial charge in [-0.3, -0.25) is 33.8 Å². The molecule has 0 radical (unpaired) electrons. The fraction of sp³-hybridized carbons (Fsp3) is 0.514. The Balaban J connectivity index is 1.47. The molecule has 51 heavy (non-hydrogen) atoms. The number of aromatic nitrogens is 2. The van der Waals surface area contributed by atoms with Crippen LogP contribution in [0.25, 0.3) is 0 Å². The summed E-state index contributed by atoms with van der Waals surface area (Å²) in [7, 11) is 0. The molecule has 4 rings (SSSR count). The van der Waals surface area contributed by atoms with Crippen LogP contribution in [0.4, 0.5) is 0 Å². The number of alkyl halides is 1. The summed E-state index contributed by atoms with van der Waals surface area (Å²) >= 11 is 2.10. The number of Topliss-reactive ketones (excluding diaryl/α,β-unsaturated/α-hetero) is 1. The van der Waals surface area contributed by atoms with Crippen molar-refractivity contribution in [1.29, 1.82) is 0 Å². The second kappa shape index (κ2) is 16.7. The Labute approximate surface area is 309 Å². The first kappa shape index (κ1) is 39.3. The van der Waals surface area contributed by atoms with Gasteiger partial charge in [0.15, 0.2) is 0 Å². The number of carbonyl (C=O) groups is 7. The molecule has 2 fully saturated rings. The number of nitrogens with one attached hydrogen (secondary N) is 4. The lowest BCUT2D eigenvalue weighted by Crippen LogP contribution is -2.58. The second-order valence-corrected chi connectivity index (χ2v) is 15.2. The first-order chi connectivity index (χ1) is 24.1. The van der Waals surface area contributed by atoms with Crippen LogP contribution in [-0.4, -0.2) is 101 Å². The monoisotopic (exact) mass is 817 g/mol. The highest BCUT2D eigenvalue weighted by atomic mass is 127. The molecule has 5 N–H and O–H groups in total. The normalized spacial score (nSPS) is 24.2. The summed E-state index contributed by atoms with van der Waals surface area (Å²) in [6.07, 6.45) is 4.94. The number of carbonyl (C=O) groups excluding carboxylic acids is 6. The zero-order valence-corrected chi connectivity index (χ0v) is 31.2. The minimum absolute atomic E-state index is 0.0302. The summed E-state index contributed by atoms with van der Waals surface area (Å²) in [6.45, 7) is 8.93. The van der Waals surface area contributed by atoms with Gasteiger partial charge in [-0.2, -0.15) is 0 Å². The number of aliphatic carboxylic acids is 1. The molecule has 8 atom stereocenters. The molecule has 0 bridgehead atoms. The van der Waals surface area contributed by atoms with Crippen molar-refractivity contribution in [2.75, 3.05) is 0 Å². The summed E-state index contributed by atoms with van der Waals surface area (Å²) in [5.41, 5.74) is -0.158. The van der Waals surface area contributed by atoms with Crippen molar-refractivity contribution < 1.29 is 38.7 Å². The highest BCUT2D eigenvalue weighted by Crippen LogP contribution is 2.49. The van der Waals surface area contributed by atoms with Crippen LogP contribution in [0.5, 0.6) is 0 Å². The van der Waals surface area contributed by atoms with E-state index in [2.05, 4.69) is 53.8 Å². The molecule has 3 unspecified atom stereocenters. The Morgan fingerprint density at radius 1 is 1.04 bits per heavy atom. The Morgan fingerprint density at radius 2 is 1.73 bits per heavy atom. The third-order valence-electron chi connectivity index (χ3n) is 9.68. The lowest BCUT2D eigenvalue weighted by Gasteiger charge is -2.34. The van der Waals surface area contributed by atoms with Crippen LogP contribution in [0.3, 0.4) is 0 Å². The number of amides is 5. The third-order valence-corrected chi connectivity index (χ3v) is 10.8. The minimum Gasteiger partial charge on any atom is -0.480 e. The van der Waals surface area contributed by atoms with Gasteiger partial charge in [-0.1, -0.05) is 87.0 Å². The molecular weight excluding hydrogens is 773 g/mol. The largest absolute Gasteiger partial charge is 0.480 e. The number of hydrogen-bond donors (Lipinski definition) is 5. The van der Waals surface area contributed by atoms with Gasteiger partial charge in [-0.25, -0.2) is 9.78 Å². The standard InChI is InChI=1S/C35H44IN7O8/c1-6-10-22(28(44)32(48)40-23(34(50)51)15-20-11-8-7-9-12-20)39-31(47)27-21(36)16-35(5)19(4)26(33(49)43(27)35)42-30(46)25(18(2)3)41-29(45)24-17-37-13-14-38-24/h7-9,11-14,17-19,21-23,25-27H,6,10,15-16H2,1-5H3,(H,39,47)(H,40,48)(H,41,45)(H,42,46)(H,50,51)/t19?,21-,22?,23-,25-,26-,27-,35?/m0/s1. The van der Waals surface area contributed by atoms with E-state index in [1.54, 1.807) is 51.1 Å². The van der Waals surface area contributed by atoms with Crippen LogP contribution in [0.1, 0.15) is 69.9 Å². The van der Waals surface area contributed by atoms with Crippen LogP contribution in [0, 0.1) is 11.8 Å². The lowest BCUT2D eigenvalue weighted by molar-refractivity contribution is -0.145. The molecule has 15 nitrogen and oxygen atoms in total. The van der Waals surface area contributed by atoms with E-state index in [0.717, 1.165) is 0 Å². The molecule has 3 heterocycles. The maximum Gasteiger partial charge on any atom is 0.326 e. The number of carboxylic acids is 1. The van der Waals surface area contributed by atoms with Gasteiger partial charge in [0.1, 0.15) is 29.9 Å². The van der Waals surface area contributed by atoms with E-state index < -0.39 is 83.0 Å². The number of ketones is 1. The highest BCUT2D eigenvalue weighted by Gasteiger charge is 2.64. The minimum atomic E-state index is -1.37. The van der Waals surface area contributed by atoms with Crippen molar-refractivity contribution in [2.45, 2.75) is 100.0 Å². The summed E-state index contributed by atoms with van der Waals surface area (Å²) in [4.78, 5) is 102. The van der Waals surface area contributed by atoms with Crippen molar-refractivity contribution >= 4 is 63.9 Å². The molecule has 0 spiro atoms. The average Bonchev–Trinajstić information content (AvgIpc) is 3.47. The van der Waals surface area contributed by atoms with E-state index in [9.17, 15) is 38.7 Å². The number of fused-ring (bicyclic) bond motifs is 1. The molecule has 1 aromatic heterocycles. The van der Waals surface area contributed by atoms with Gasteiger partial charge in [0.05, 0.1) is 12.2 Å². The smallest absolute Gasteiger partial charge is 0.326 e. The average molecular weight is 818 g/mol. The van der Waals surface area contributed by atoms with Gasteiger partial charge in [0, 0.05) is 34.2 Å². The molecule has 0 aliphatic carbocycles. The number of rotatable bonds is 15. The molecule has 2 saturated heterocycles. The second-order valence-electron chi connectivity index (χ2n) is 13.6. The maximum absolute atomic E-state index is 14.1. The summed E-state index contributed by atoms with van der Waals surface area (Å²) in [5, 5.41) is 20.2. The van der Waals surface area contributed by atoms with E-state index in [4.69, 9.17) is 0 Å². The summed E-state index contributed by atoms with van der Waals surface area (Å²) in [5.74, 6) is -6.53. The van der Waals surface area contributed by atoms with Crippen molar-refractivity contribution in [1.82, 2.24) is 36.1 Å².